The lowest BCUT2D eigenvalue weighted by Crippen LogP contribution is -2.25. The summed E-state index contributed by atoms with van der Waals surface area (Å²) < 4.78 is 16.2. The van der Waals surface area contributed by atoms with Crippen LogP contribution in [-0.4, -0.2) is 20.7 Å². The first-order valence-corrected chi connectivity index (χ1v) is 7.94. The molecule has 5 nitrogen and oxygen atoms in total. The second-order valence-corrected chi connectivity index (χ2v) is 6.40. The van der Waals surface area contributed by atoms with Crippen LogP contribution >= 0.6 is 34.8 Å². The first-order valence-electron chi connectivity index (χ1n) is 6.45. The molecular formula is C13H12FIN4OS. The molecule has 21 heavy (non-hydrogen) atoms. The molecule has 1 saturated carbocycles. The number of rotatable bonds is 4. The Hall–Kier alpha value is -1.29. The van der Waals surface area contributed by atoms with E-state index in [0.29, 0.717) is 25.8 Å². The van der Waals surface area contributed by atoms with E-state index in [-0.39, 0.29) is 18.3 Å². The maximum Gasteiger partial charge on any atom is 0.252 e. The third-order valence-electron chi connectivity index (χ3n) is 3.27. The topological polar surface area (TPSA) is 62.7 Å². The Kier molecular flexibility index (Phi) is 4.07. The third-order valence-corrected chi connectivity index (χ3v) is 4.45. The summed E-state index contributed by atoms with van der Waals surface area (Å²) in [6.45, 7) is 0.288. The second kappa shape index (κ2) is 5.84. The summed E-state index contributed by atoms with van der Waals surface area (Å²) in [6, 6.07) is 4.48. The number of amides is 1. The quantitative estimate of drug-likeness (QED) is 0.593. The molecule has 2 N–H and O–H groups in total. The molecule has 1 fully saturated rings. The van der Waals surface area contributed by atoms with Crippen molar-refractivity contribution in [2.24, 2.45) is 0 Å². The standard InChI is InChI=1S/C13H12FIN4OS/c14-7-1-4-9(10(15)5-7)12(20)16-6-11-17-18-13(21)19(11)8-2-3-8/h1,4-5,8H,2-3,6H2,(H,16,20)(H,18,21). The van der Waals surface area contributed by atoms with E-state index in [1.54, 1.807) is 0 Å². The number of carbonyl (C=O) groups is 1. The summed E-state index contributed by atoms with van der Waals surface area (Å²) in [5, 5.41) is 9.70. The average molecular weight is 418 g/mol. The first kappa shape index (κ1) is 14.6. The van der Waals surface area contributed by atoms with Crippen molar-refractivity contribution in [3.05, 3.63) is 43.7 Å². The van der Waals surface area contributed by atoms with Crippen molar-refractivity contribution < 1.29 is 9.18 Å². The molecule has 1 aliphatic rings. The van der Waals surface area contributed by atoms with Crippen LogP contribution in [0.2, 0.25) is 0 Å². The van der Waals surface area contributed by atoms with E-state index < -0.39 is 0 Å². The number of benzene rings is 1. The summed E-state index contributed by atoms with van der Waals surface area (Å²) in [5.41, 5.74) is 0.448. The number of aromatic amines is 1. The minimum absolute atomic E-state index is 0.254. The number of hydrogen-bond acceptors (Lipinski definition) is 3. The molecule has 8 heteroatoms. The fourth-order valence-corrected chi connectivity index (χ4v) is 3.12. The Bertz CT molecular complexity index is 753. The van der Waals surface area contributed by atoms with E-state index in [0.717, 1.165) is 12.8 Å². The SMILES string of the molecule is O=C(NCc1n[nH]c(=S)n1C1CC1)c1ccc(F)cc1I. The number of hydrogen-bond donors (Lipinski definition) is 2. The zero-order chi connectivity index (χ0) is 15.0. The number of halogens is 2. The fraction of sp³-hybridized carbons (Fsp3) is 0.308. The molecule has 0 bridgehead atoms. The van der Waals surface area contributed by atoms with E-state index in [9.17, 15) is 9.18 Å². The summed E-state index contributed by atoms with van der Waals surface area (Å²) in [4.78, 5) is 12.1. The lowest BCUT2D eigenvalue weighted by Gasteiger charge is -2.08. The number of carbonyl (C=O) groups excluding carboxylic acids is 1. The lowest BCUT2D eigenvalue weighted by molar-refractivity contribution is 0.0948. The highest BCUT2D eigenvalue weighted by molar-refractivity contribution is 14.1. The Balaban J connectivity index is 1.73. The fourth-order valence-electron chi connectivity index (χ4n) is 2.10. The van der Waals surface area contributed by atoms with E-state index in [2.05, 4.69) is 15.5 Å². The van der Waals surface area contributed by atoms with Crippen molar-refractivity contribution in [1.29, 1.82) is 0 Å². The minimum atomic E-state index is -0.356. The molecule has 1 aromatic heterocycles. The average Bonchev–Trinajstić information content (AvgIpc) is 3.20. The molecule has 0 unspecified atom stereocenters. The summed E-state index contributed by atoms with van der Waals surface area (Å²) in [6.07, 6.45) is 2.18. The van der Waals surface area contributed by atoms with Gasteiger partial charge in [-0.25, -0.2) is 4.39 Å². The van der Waals surface area contributed by atoms with Gasteiger partial charge in [-0.05, 0) is 65.8 Å². The molecule has 2 aromatic rings. The Morgan fingerprint density at radius 1 is 1.57 bits per heavy atom. The minimum Gasteiger partial charge on any atom is -0.345 e. The van der Waals surface area contributed by atoms with E-state index in [1.165, 1.54) is 18.2 Å². The molecule has 0 spiro atoms. The Labute approximate surface area is 139 Å². The number of aromatic nitrogens is 3. The van der Waals surface area contributed by atoms with Gasteiger partial charge in [0, 0.05) is 9.61 Å². The number of nitrogens with one attached hydrogen (secondary N) is 2. The Morgan fingerprint density at radius 2 is 2.33 bits per heavy atom. The van der Waals surface area contributed by atoms with Gasteiger partial charge >= 0.3 is 0 Å². The van der Waals surface area contributed by atoms with Crippen LogP contribution in [0.25, 0.3) is 0 Å². The van der Waals surface area contributed by atoms with E-state index in [4.69, 9.17) is 12.2 Å². The monoisotopic (exact) mass is 418 g/mol. The molecule has 0 atom stereocenters. The predicted molar refractivity (Wildman–Crippen MR) is 86.0 cm³/mol. The van der Waals surface area contributed by atoms with Crippen LogP contribution in [0.3, 0.4) is 0 Å². The Morgan fingerprint density at radius 3 is 3.00 bits per heavy atom. The second-order valence-electron chi connectivity index (χ2n) is 4.85. The predicted octanol–water partition coefficient (Wildman–Crippen LogP) is 2.95. The highest BCUT2D eigenvalue weighted by Gasteiger charge is 2.27. The zero-order valence-electron chi connectivity index (χ0n) is 10.9. The summed E-state index contributed by atoms with van der Waals surface area (Å²) >= 11 is 7.13. The molecule has 0 saturated heterocycles. The van der Waals surface area contributed by atoms with Crippen molar-refractivity contribution in [3.63, 3.8) is 0 Å². The van der Waals surface area contributed by atoms with Gasteiger partial charge < -0.3 is 5.32 Å². The maximum absolute atomic E-state index is 13.0. The van der Waals surface area contributed by atoms with Gasteiger partial charge in [0.1, 0.15) is 5.82 Å². The van der Waals surface area contributed by atoms with Crippen molar-refractivity contribution in [3.8, 4) is 0 Å². The van der Waals surface area contributed by atoms with Gasteiger partial charge in [-0.3, -0.25) is 14.5 Å². The van der Waals surface area contributed by atoms with Crippen molar-refractivity contribution >= 4 is 40.7 Å². The van der Waals surface area contributed by atoms with Gasteiger partial charge in [0.2, 0.25) is 0 Å². The number of nitrogens with zero attached hydrogens (tertiary/aromatic N) is 2. The van der Waals surface area contributed by atoms with Gasteiger partial charge in [0.05, 0.1) is 12.1 Å². The smallest absolute Gasteiger partial charge is 0.252 e. The van der Waals surface area contributed by atoms with Crippen LogP contribution in [0.5, 0.6) is 0 Å². The molecular weight excluding hydrogens is 406 g/mol. The van der Waals surface area contributed by atoms with Gasteiger partial charge in [-0.1, -0.05) is 0 Å². The van der Waals surface area contributed by atoms with Gasteiger partial charge in [0.25, 0.3) is 5.91 Å². The van der Waals surface area contributed by atoms with Crippen molar-refractivity contribution in [2.75, 3.05) is 0 Å². The first-order chi connectivity index (χ1) is 10.1. The third kappa shape index (κ3) is 3.15. The van der Waals surface area contributed by atoms with Crippen molar-refractivity contribution in [1.82, 2.24) is 20.1 Å². The van der Waals surface area contributed by atoms with Crippen LogP contribution in [0, 0.1) is 14.2 Å². The number of H-pyrrole nitrogens is 1. The summed E-state index contributed by atoms with van der Waals surface area (Å²) in [7, 11) is 0. The van der Waals surface area contributed by atoms with Gasteiger partial charge in [0.15, 0.2) is 10.6 Å². The molecule has 1 aliphatic carbocycles. The van der Waals surface area contributed by atoms with Crippen molar-refractivity contribution in [2.45, 2.75) is 25.4 Å². The lowest BCUT2D eigenvalue weighted by atomic mass is 10.2. The molecule has 1 aromatic carbocycles. The van der Waals surface area contributed by atoms with Crippen LogP contribution < -0.4 is 5.32 Å². The largest absolute Gasteiger partial charge is 0.345 e. The molecule has 3 rings (SSSR count). The zero-order valence-corrected chi connectivity index (χ0v) is 13.9. The van der Waals surface area contributed by atoms with Gasteiger partial charge in [-0.2, -0.15) is 5.10 Å². The maximum atomic E-state index is 13.0. The van der Waals surface area contributed by atoms with E-state index in [1.807, 2.05) is 27.2 Å². The molecule has 1 amide bonds. The van der Waals surface area contributed by atoms with Crippen LogP contribution in [0.4, 0.5) is 4.39 Å². The molecule has 0 aliphatic heterocycles. The highest BCUT2D eigenvalue weighted by atomic mass is 127. The molecule has 110 valence electrons. The van der Waals surface area contributed by atoms with E-state index >= 15 is 0 Å². The summed E-state index contributed by atoms with van der Waals surface area (Å²) in [5.74, 6) is 0.106. The molecule has 0 radical (unpaired) electrons. The van der Waals surface area contributed by atoms with Crippen LogP contribution in [0.1, 0.15) is 35.1 Å². The molecule has 1 heterocycles. The van der Waals surface area contributed by atoms with Crippen LogP contribution in [-0.2, 0) is 6.54 Å². The van der Waals surface area contributed by atoms with Gasteiger partial charge in [-0.15, -0.1) is 0 Å². The normalized spacial score (nSPS) is 14.2. The highest BCUT2D eigenvalue weighted by Crippen LogP contribution is 2.35. The van der Waals surface area contributed by atoms with Crippen LogP contribution in [0.15, 0.2) is 18.2 Å².